The van der Waals surface area contributed by atoms with E-state index in [1.54, 1.807) is 6.08 Å². The summed E-state index contributed by atoms with van der Waals surface area (Å²) >= 11 is 0. The molecule has 1 heterocycles. The van der Waals surface area contributed by atoms with Crippen LogP contribution in [0.3, 0.4) is 0 Å². The molecule has 0 aliphatic carbocycles. The average Bonchev–Trinajstić information content (AvgIpc) is 2.67. The molecule has 2 aromatic carbocycles. The summed E-state index contributed by atoms with van der Waals surface area (Å²) in [6.07, 6.45) is 3.61. The molecular formula is C22H27N3O. The van der Waals surface area contributed by atoms with Gasteiger partial charge in [-0.25, -0.2) is 0 Å². The van der Waals surface area contributed by atoms with Crippen LogP contribution in [0.15, 0.2) is 60.7 Å². The Morgan fingerprint density at radius 1 is 1.04 bits per heavy atom. The van der Waals surface area contributed by atoms with Crippen molar-refractivity contribution in [2.24, 2.45) is 0 Å². The third-order valence-corrected chi connectivity index (χ3v) is 4.88. The molecule has 0 spiro atoms. The van der Waals surface area contributed by atoms with Crippen LogP contribution in [0.4, 0.5) is 5.69 Å². The molecule has 1 atom stereocenters. The topological polar surface area (TPSA) is 26.8 Å². The first-order valence-electron chi connectivity index (χ1n) is 9.04. The van der Waals surface area contributed by atoms with Crippen LogP contribution in [-0.2, 0) is 4.79 Å². The van der Waals surface area contributed by atoms with E-state index in [2.05, 4.69) is 41.1 Å². The number of anilines is 1. The molecule has 1 aliphatic heterocycles. The van der Waals surface area contributed by atoms with Crippen LogP contribution < -0.4 is 4.90 Å². The van der Waals surface area contributed by atoms with Gasteiger partial charge in [-0.2, -0.15) is 0 Å². The average molecular weight is 349 g/mol. The van der Waals surface area contributed by atoms with Gasteiger partial charge in [-0.15, -0.1) is 0 Å². The number of nitrogens with zero attached hydrogens (tertiary/aromatic N) is 3. The van der Waals surface area contributed by atoms with Gasteiger partial charge in [0.15, 0.2) is 0 Å². The molecule has 4 nitrogen and oxygen atoms in total. The standard InChI is InChI=1S/C22H27N3O/c1-23(2)20-12-9-18(10-13-20)11-14-22(26)25-16-15-24(3)17-21(25)19-7-5-4-6-8-19/h4-14,21H,15-17H2,1-3H3/b14-11+. The fraction of sp³-hybridized carbons (Fsp3) is 0.318. The van der Waals surface area contributed by atoms with Crippen LogP contribution in [0.2, 0.25) is 0 Å². The molecule has 0 saturated carbocycles. The fourth-order valence-electron chi connectivity index (χ4n) is 3.29. The van der Waals surface area contributed by atoms with Gasteiger partial charge in [0, 0.05) is 45.5 Å². The summed E-state index contributed by atoms with van der Waals surface area (Å²) in [6.45, 7) is 2.51. The number of benzene rings is 2. The maximum atomic E-state index is 12.8. The summed E-state index contributed by atoms with van der Waals surface area (Å²) < 4.78 is 0. The minimum Gasteiger partial charge on any atom is -0.378 e. The lowest BCUT2D eigenvalue weighted by molar-refractivity contribution is -0.130. The Kier molecular flexibility index (Phi) is 5.74. The second-order valence-corrected chi connectivity index (χ2v) is 7.04. The highest BCUT2D eigenvalue weighted by molar-refractivity contribution is 5.92. The Morgan fingerprint density at radius 2 is 1.73 bits per heavy atom. The lowest BCUT2D eigenvalue weighted by Crippen LogP contribution is -2.48. The first-order chi connectivity index (χ1) is 12.5. The second kappa shape index (κ2) is 8.19. The van der Waals surface area contributed by atoms with E-state index in [1.165, 1.54) is 5.56 Å². The Morgan fingerprint density at radius 3 is 2.38 bits per heavy atom. The van der Waals surface area contributed by atoms with Gasteiger partial charge in [0.05, 0.1) is 6.04 Å². The van der Waals surface area contributed by atoms with Crippen molar-refractivity contribution in [3.8, 4) is 0 Å². The van der Waals surface area contributed by atoms with Gasteiger partial charge in [-0.1, -0.05) is 42.5 Å². The molecule has 0 N–H and O–H groups in total. The highest BCUT2D eigenvalue weighted by Gasteiger charge is 2.28. The lowest BCUT2D eigenvalue weighted by atomic mass is 10.0. The summed E-state index contributed by atoms with van der Waals surface area (Å²) in [4.78, 5) is 19.2. The van der Waals surface area contributed by atoms with Crippen LogP contribution in [0.5, 0.6) is 0 Å². The molecule has 136 valence electrons. The van der Waals surface area contributed by atoms with E-state index in [-0.39, 0.29) is 11.9 Å². The maximum Gasteiger partial charge on any atom is 0.247 e. The van der Waals surface area contributed by atoms with E-state index in [0.717, 1.165) is 30.9 Å². The molecule has 0 radical (unpaired) electrons. The molecule has 1 unspecified atom stereocenters. The van der Waals surface area contributed by atoms with E-state index in [1.807, 2.05) is 55.4 Å². The van der Waals surface area contributed by atoms with E-state index in [0.29, 0.717) is 0 Å². The van der Waals surface area contributed by atoms with Gasteiger partial charge in [0.25, 0.3) is 0 Å². The van der Waals surface area contributed by atoms with E-state index >= 15 is 0 Å². The third-order valence-electron chi connectivity index (χ3n) is 4.88. The van der Waals surface area contributed by atoms with Gasteiger partial charge in [0.2, 0.25) is 5.91 Å². The van der Waals surface area contributed by atoms with E-state index < -0.39 is 0 Å². The molecule has 2 aromatic rings. The maximum absolute atomic E-state index is 12.8. The Bertz CT molecular complexity index is 753. The van der Waals surface area contributed by atoms with Crippen molar-refractivity contribution in [2.75, 3.05) is 45.7 Å². The van der Waals surface area contributed by atoms with Gasteiger partial charge in [-0.05, 0) is 36.4 Å². The zero-order chi connectivity index (χ0) is 18.5. The normalized spacial score (nSPS) is 18.3. The van der Waals surface area contributed by atoms with Gasteiger partial charge < -0.3 is 14.7 Å². The third kappa shape index (κ3) is 4.33. The molecule has 0 bridgehead atoms. The first-order valence-corrected chi connectivity index (χ1v) is 9.04. The molecule has 1 amide bonds. The largest absolute Gasteiger partial charge is 0.378 e. The minimum absolute atomic E-state index is 0.0728. The Labute approximate surface area is 156 Å². The zero-order valence-electron chi connectivity index (χ0n) is 15.8. The van der Waals surface area contributed by atoms with Crippen molar-refractivity contribution < 1.29 is 4.79 Å². The lowest BCUT2D eigenvalue weighted by Gasteiger charge is -2.40. The number of hydrogen-bond acceptors (Lipinski definition) is 3. The van der Waals surface area contributed by atoms with Crippen molar-refractivity contribution in [3.63, 3.8) is 0 Å². The van der Waals surface area contributed by atoms with Crippen molar-refractivity contribution in [3.05, 3.63) is 71.8 Å². The predicted octanol–water partition coefficient (Wildman–Crippen LogP) is 3.28. The Balaban J connectivity index is 1.74. The fourth-order valence-corrected chi connectivity index (χ4v) is 3.29. The smallest absolute Gasteiger partial charge is 0.247 e. The van der Waals surface area contributed by atoms with Crippen LogP contribution in [0, 0.1) is 0 Å². The monoisotopic (exact) mass is 349 g/mol. The van der Waals surface area contributed by atoms with Crippen LogP contribution in [0.1, 0.15) is 17.2 Å². The summed E-state index contributed by atoms with van der Waals surface area (Å²) in [5, 5.41) is 0. The molecule has 1 fully saturated rings. The molecule has 0 aromatic heterocycles. The number of rotatable bonds is 4. The van der Waals surface area contributed by atoms with Crippen LogP contribution in [0.25, 0.3) is 6.08 Å². The number of amides is 1. The second-order valence-electron chi connectivity index (χ2n) is 7.04. The predicted molar refractivity (Wildman–Crippen MR) is 108 cm³/mol. The Hall–Kier alpha value is -2.59. The van der Waals surface area contributed by atoms with Crippen LogP contribution >= 0.6 is 0 Å². The molecule has 26 heavy (non-hydrogen) atoms. The highest BCUT2D eigenvalue weighted by atomic mass is 16.2. The highest BCUT2D eigenvalue weighted by Crippen LogP contribution is 2.25. The molecule has 3 rings (SSSR count). The van der Waals surface area contributed by atoms with Crippen molar-refractivity contribution in [1.82, 2.24) is 9.80 Å². The molecule has 1 aliphatic rings. The number of carbonyl (C=O) groups excluding carboxylic acids is 1. The van der Waals surface area contributed by atoms with Crippen molar-refractivity contribution in [2.45, 2.75) is 6.04 Å². The zero-order valence-corrected chi connectivity index (χ0v) is 15.8. The summed E-state index contributed by atoms with van der Waals surface area (Å²) in [5.41, 5.74) is 3.38. The quantitative estimate of drug-likeness (QED) is 0.793. The number of likely N-dealkylation sites (N-methyl/N-ethyl adjacent to an activating group) is 1. The molecule has 1 saturated heterocycles. The number of hydrogen-bond donors (Lipinski definition) is 0. The minimum atomic E-state index is 0.0728. The van der Waals surface area contributed by atoms with Crippen LogP contribution in [-0.4, -0.2) is 56.5 Å². The number of carbonyl (C=O) groups is 1. The molecular weight excluding hydrogens is 322 g/mol. The van der Waals surface area contributed by atoms with E-state index in [9.17, 15) is 4.79 Å². The first kappa shape index (κ1) is 18.2. The summed E-state index contributed by atoms with van der Waals surface area (Å²) in [5.74, 6) is 0.0728. The molecule has 4 heteroatoms. The van der Waals surface area contributed by atoms with Gasteiger partial charge in [-0.3, -0.25) is 4.79 Å². The number of piperazine rings is 1. The summed E-state index contributed by atoms with van der Waals surface area (Å²) in [6, 6.07) is 18.6. The van der Waals surface area contributed by atoms with E-state index in [4.69, 9.17) is 0 Å². The van der Waals surface area contributed by atoms with Gasteiger partial charge in [0.1, 0.15) is 0 Å². The van der Waals surface area contributed by atoms with Crippen molar-refractivity contribution in [1.29, 1.82) is 0 Å². The SMILES string of the molecule is CN1CCN(C(=O)/C=C/c2ccc(N(C)C)cc2)C(c2ccccc2)C1. The summed E-state index contributed by atoms with van der Waals surface area (Å²) in [7, 11) is 6.15. The van der Waals surface area contributed by atoms with Crippen molar-refractivity contribution >= 4 is 17.7 Å². The van der Waals surface area contributed by atoms with Gasteiger partial charge >= 0.3 is 0 Å².